The Hall–Kier alpha value is -1.23. The predicted octanol–water partition coefficient (Wildman–Crippen LogP) is 1.65. The van der Waals surface area contributed by atoms with Gasteiger partial charge in [0, 0.05) is 0 Å². The van der Waals surface area contributed by atoms with Crippen LogP contribution < -0.4 is 0 Å². The molecule has 1 heterocycles. The predicted molar refractivity (Wildman–Crippen MR) is 54.5 cm³/mol. The second-order valence-corrected chi connectivity index (χ2v) is 4.35. The fraction of sp³-hybridized carbons (Fsp3) is 0.700. The van der Waals surface area contributed by atoms with Crippen molar-refractivity contribution in [3.05, 3.63) is 12.0 Å². The summed E-state index contributed by atoms with van der Waals surface area (Å²) in [4.78, 5) is 12.9. The molecule has 0 spiro atoms. The van der Waals surface area contributed by atoms with E-state index in [2.05, 4.69) is 0 Å². The zero-order valence-corrected chi connectivity index (χ0v) is 9.32. The maximum atomic E-state index is 11.6. The van der Waals surface area contributed by atoms with Gasteiger partial charge in [-0.3, -0.25) is 4.90 Å². The number of ether oxygens (including phenoxy) is 2. The first-order valence-electron chi connectivity index (χ1n) is 4.85. The van der Waals surface area contributed by atoms with Gasteiger partial charge in [-0.25, -0.2) is 4.79 Å². The minimum Gasteiger partial charge on any atom is -0.508 e. The lowest BCUT2D eigenvalue weighted by molar-refractivity contribution is 0.0304. The van der Waals surface area contributed by atoms with Crippen LogP contribution in [-0.2, 0) is 9.47 Å². The summed E-state index contributed by atoms with van der Waals surface area (Å²) in [6.07, 6.45) is 0.876. The molecule has 0 atom stereocenters. The molecule has 0 bridgehead atoms. The Morgan fingerprint density at radius 2 is 2.27 bits per heavy atom. The van der Waals surface area contributed by atoms with Gasteiger partial charge < -0.3 is 14.6 Å². The number of amides is 1. The van der Waals surface area contributed by atoms with Crippen LogP contribution in [0.2, 0.25) is 0 Å². The fourth-order valence-electron chi connectivity index (χ4n) is 1.09. The van der Waals surface area contributed by atoms with E-state index in [4.69, 9.17) is 9.47 Å². The van der Waals surface area contributed by atoms with E-state index in [1.807, 2.05) is 0 Å². The highest BCUT2D eigenvalue weighted by molar-refractivity contribution is 5.69. The van der Waals surface area contributed by atoms with E-state index >= 15 is 0 Å². The van der Waals surface area contributed by atoms with Crippen LogP contribution in [0.1, 0.15) is 20.8 Å². The topological polar surface area (TPSA) is 59.0 Å². The van der Waals surface area contributed by atoms with Crippen LogP contribution in [-0.4, -0.2) is 41.5 Å². The summed E-state index contributed by atoms with van der Waals surface area (Å²) in [5.74, 6) is 0.0263. The van der Waals surface area contributed by atoms with Crippen LogP contribution in [0.15, 0.2) is 12.0 Å². The van der Waals surface area contributed by atoms with Gasteiger partial charge in [-0.05, 0) is 20.8 Å². The first-order chi connectivity index (χ1) is 6.88. The molecule has 86 valence electrons. The molecule has 0 aromatic carbocycles. The van der Waals surface area contributed by atoms with Crippen molar-refractivity contribution in [3.8, 4) is 0 Å². The van der Waals surface area contributed by atoms with Crippen molar-refractivity contribution in [2.75, 3.05) is 19.8 Å². The lowest BCUT2D eigenvalue weighted by atomic mass is 10.2. The van der Waals surface area contributed by atoms with Crippen LogP contribution in [0.3, 0.4) is 0 Å². The molecule has 1 N–H and O–H groups in total. The largest absolute Gasteiger partial charge is 0.508 e. The number of aliphatic hydroxyl groups excluding tert-OH is 1. The Bertz CT molecular complexity index is 267. The summed E-state index contributed by atoms with van der Waals surface area (Å²) in [7, 11) is 0. The van der Waals surface area contributed by atoms with Crippen molar-refractivity contribution < 1.29 is 19.4 Å². The highest BCUT2D eigenvalue weighted by Gasteiger charge is 2.22. The molecule has 1 rings (SSSR count). The van der Waals surface area contributed by atoms with E-state index < -0.39 is 11.7 Å². The highest BCUT2D eigenvalue weighted by Crippen LogP contribution is 2.11. The Labute approximate surface area is 89.3 Å². The number of hydrogen-bond donors (Lipinski definition) is 1. The van der Waals surface area contributed by atoms with Gasteiger partial charge in [-0.1, -0.05) is 0 Å². The van der Waals surface area contributed by atoms with Gasteiger partial charge in [-0.15, -0.1) is 0 Å². The standard InChI is InChI=1S/C10H17NO4/c1-10(2,3)15-9(13)11-4-5-14-7-8(12)6-11/h6,12H,4-5,7H2,1-3H3. The zero-order valence-electron chi connectivity index (χ0n) is 9.32. The molecule has 0 aliphatic carbocycles. The van der Waals surface area contributed by atoms with E-state index in [0.717, 1.165) is 0 Å². The van der Waals surface area contributed by atoms with Gasteiger partial charge in [0.05, 0.1) is 19.4 Å². The molecule has 0 unspecified atom stereocenters. The van der Waals surface area contributed by atoms with E-state index in [-0.39, 0.29) is 12.4 Å². The molecular formula is C10H17NO4. The molecule has 0 saturated heterocycles. The van der Waals surface area contributed by atoms with Crippen LogP contribution in [0.5, 0.6) is 0 Å². The minimum atomic E-state index is -0.534. The molecular weight excluding hydrogens is 198 g/mol. The molecule has 0 saturated carbocycles. The maximum Gasteiger partial charge on any atom is 0.414 e. The summed E-state index contributed by atoms with van der Waals surface area (Å²) in [5, 5.41) is 9.29. The SMILES string of the molecule is CC(C)(C)OC(=O)N1C=C(O)COCC1. The Morgan fingerprint density at radius 3 is 2.87 bits per heavy atom. The summed E-state index contributed by atoms with van der Waals surface area (Å²) in [6, 6.07) is 0. The summed E-state index contributed by atoms with van der Waals surface area (Å²) in [6.45, 7) is 6.30. The third-order valence-electron chi connectivity index (χ3n) is 1.66. The lowest BCUT2D eigenvalue weighted by Gasteiger charge is -2.24. The Morgan fingerprint density at radius 1 is 1.60 bits per heavy atom. The van der Waals surface area contributed by atoms with Gasteiger partial charge >= 0.3 is 6.09 Å². The zero-order chi connectivity index (χ0) is 11.5. The normalized spacial score (nSPS) is 18.1. The second kappa shape index (κ2) is 4.53. The van der Waals surface area contributed by atoms with Gasteiger partial charge in [0.2, 0.25) is 0 Å². The van der Waals surface area contributed by atoms with Crippen LogP contribution in [0, 0.1) is 0 Å². The molecule has 1 aliphatic rings. The summed E-state index contributed by atoms with van der Waals surface area (Å²) >= 11 is 0. The van der Waals surface area contributed by atoms with Crippen molar-refractivity contribution in [1.29, 1.82) is 0 Å². The summed E-state index contributed by atoms with van der Waals surface area (Å²) in [5.41, 5.74) is -0.534. The van der Waals surface area contributed by atoms with Crippen LogP contribution in [0.25, 0.3) is 0 Å². The van der Waals surface area contributed by atoms with Crippen molar-refractivity contribution >= 4 is 6.09 Å². The molecule has 0 fully saturated rings. The average Bonchev–Trinajstić information content (AvgIpc) is 2.26. The van der Waals surface area contributed by atoms with Gasteiger partial charge in [-0.2, -0.15) is 0 Å². The van der Waals surface area contributed by atoms with Gasteiger partial charge in [0.1, 0.15) is 18.0 Å². The summed E-state index contributed by atoms with van der Waals surface area (Å²) < 4.78 is 10.2. The number of carbonyl (C=O) groups excluding carboxylic acids is 1. The van der Waals surface area contributed by atoms with E-state index in [1.165, 1.54) is 11.1 Å². The molecule has 1 amide bonds. The highest BCUT2D eigenvalue weighted by atomic mass is 16.6. The minimum absolute atomic E-state index is 0.0263. The van der Waals surface area contributed by atoms with E-state index in [1.54, 1.807) is 20.8 Å². The van der Waals surface area contributed by atoms with Crippen LogP contribution >= 0.6 is 0 Å². The first-order valence-corrected chi connectivity index (χ1v) is 4.85. The van der Waals surface area contributed by atoms with E-state index in [0.29, 0.717) is 13.2 Å². The molecule has 0 aromatic heterocycles. The first kappa shape index (κ1) is 11.8. The lowest BCUT2D eigenvalue weighted by Crippen LogP contribution is -2.34. The second-order valence-electron chi connectivity index (χ2n) is 4.35. The number of hydrogen-bond acceptors (Lipinski definition) is 4. The van der Waals surface area contributed by atoms with Crippen molar-refractivity contribution in [2.24, 2.45) is 0 Å². The third-order valence-corrected chi connectivity index (χ3v) is 1.66. The molecule has 1 aliphatic heterocycles. The Balaban J connectivity index is 2.62. The van der Waals surface area contributed by atoms with E-state index in [9.17, 15) is 9.90 Å². The number of nitrogens with zero attached hydrogens (tertiary/aromatic N) is 1. The fourth-order valence-corrected chi connectivity index (χ4v) is 1.09. The molecule has 5 heteroatoms. The maximum absolute atomic E-state index is 11.6. The van der Waals surface area contributed by atoms with Crippen molar-refractivity contribution in [3.63, 3.8) is 0 Å². The molecule has 15 heavy (non-hydrogen) atoms. The van der Waals surface area contributed by atoms with Crippen molar-refractivity contribution in [2.45, 2.75) is 26.4 Å². The quantitative estimate of drug-likeness (QED) is 0.667. The molecule has 0 radical (unpaired) electrons. The number of carbonyl (C=O) groups is 1. The van der Waals surface area contributed by atoms with Gasteiger partial charge in [0.25, 0.3) is 0 Å². The Kier molecular flexibility index (Phi) is 3.57. The van der Waals surface area contributed by atoms with Crippen LogP contribution in [0.4, 0.5) is 4.79 Å². The van der Waals surface area contributed by atoms with Crippen molar-refractivity contribution in [1.82, 2.24) is 4.90 Å². The third kappa shape index (κ3) is 4.20. The monoisotopic (exact) mass is 215 g/mol. The smallest absolute Gasteiger partial charge is 0.414 e. The molecule has 0 aromatic rings. The van der Waals surface area contributed by atoms with Gasteiger partial charge in [0.15, 0.2) is 0 Å². The average molecular weight is 215 g/mol. The molecule has 5 nitrogen and oxygen atoms in total. The number of rotatable bonds is 0. The number of aliphatic hydroxyl groups is 1.